The summed E-state index contributed by atoms with van der Waals surface area (Å²) in [5.74, 6) is 0. The predicted octanol–water partition coefficient (Wildman–Crippen LogP) is 4.91. The third-order valence-corrected chi connectivity index (χ3v) is 4.50. The van der Waals surface area contributed by atoms with Gasteiger partial charge in [-0.05, 0) is 18.2 Å². The van der Waals surface area contributed by atoms with Crippen molar-refractivity contribution in [2.75, 3.05) is 6.61 Å². The van der Waals surface area contributed by atoms with Crippen LogP contribution >= 0.6 is 24.0 Å². The van der Waals surface area contributed by atoms with Crippen molar-refractivity contribution in [3.05, 3.63) is 12.0 Å². The molecule has 0 unspecified atom stereocenters. The zero-order valence-electron chi connectivity index (χ0n) is 13.0. The fourth-order valence-electron chi connectivity index (χ4n) is 2.22. The first-order valence-electron chi connectivity index (χ1n) is 8.09. The quantitative estimate of drug-likeness (QED) is 0.238. The summed E-state index contributed by atoms with van der Waals surface area (Å²) in [6.07, 6.45) is 14.6. The Kier molecular flexibility index (Phi) is 10.6. The molecule has 1 saturated heterocycles. The molecule has 0 aromatic carbocycles. The Morgan fingerprint density at radius 2 is 1.62 bits per heavy atom. The van der Waals surface area contributed by atoms with E-state index in [1.807, 2.05) is 0 Å². The minimum Gasteiger partial charge on any atom is -0.499 e. The van der Waals surface area contributed by atoms with Crippen LogP contribution in [-0.4, -0.2) is 16.0 Å². The molecule has 1 aliphatic heterocycles. The van der Waals surface area contributed by atoms with Crippen LogP contribution in [0.15, 0.2) is 12.0 Å². The second-order valence-electron chi connectivity index (χ2n) is 5.39. The maximum Gasteiger partial charge on any atom is 0.245 e. The molecule has 21 heavy (non-hydrogen) atoms. The standard InChI is InChI=1S/C16H27NO2S2/c1-2-3-4-5-6-7-8-9-10-11-12-19-13-14-15(18)21-16(20)17-14/h13H,2-12H2,1H3,(H,17,20)/b14-13+. The van der Waals surface area contributed by atoms with E-state index in [4.69, 9.17) is 17.0 Å². The number of thioether (sulfide) groups is 1. The van der Waals surface area contributed by atoms with Gasteiger partial charge in [-0.25, -0.2) is 0 Å². The largest absolute Gasteiger partial charge is 0.499 e. The molecule has 1 rings (SSSR count). The van der Waals surface area contributed by atoms with Gasteiger partial charge in [0.1, 0.15) is 16.3 Å². The van der Waals surface area contributed by atoms with Crippen LogP contribution in [0.2, 0.25) is 0 Å². The number of ether oxygens (including phenoxy) is 1. The number of thiocarbonyl (C=S) groups is 1. The van der Waals surface area contributed by atoms with Crippen molar-refractivity contribution < 1.29 is 9.53 Å². The smallest absolute Gasteiger partial charge is 0.245 e. The molecule has 3 nitrogen and oxygen atoms in total. The molecular formula is C16H27NO2S2. The summed E-state index contributed by atoms with van der Waals surface area (Å²) < 4.78 is 5.90. The zero-order valence-corrected chi connectivity index (χ0v) is 14.6. The monoisotopic (exact) mass is 329 g/mol. The van der Waals surface area contributed by atoms with Gasteiger partial charge in [0.2, 0.25) is 5.12 Å². The lowest BCUT2D eigenvalue weighted by Crippen LogP contribution is -2.11. The molecule has 0 aliphatic carbocycles. The van der Waals surface area contributed by atoms with Gasteiger partial charge in [-0.15, -0.1) is 0 Å². The predicted molar refractivity (Wildman–Crippen MR) is 94.2 cm³/mol. The van der Waals surface area contributed by atoms with Crippen LogP contribution in [0, 0.1) is 0 Å². The molecule has 0 aromatic heterocycles. The molecule has 0 aromatic rings. The minimum atomic E-state index is -0.0527. The van der Waals surface area contributed by atoms with Gasteiger partial charge in [-0.1, -0.05) is 76.9 Å². The highest BCUT2D eigenvalue weighted by Crippen LogP contribution is 2.18. The third kappa shape index (κ3) is 9.14. The minimum absolute atomic E-state index is 0.0527. The average Bonchev–Trinajstić information content (AvgIpc) is 2.78. The number of carbonyl (C=O) groups is 1. The van der Waals surface area contributed by atoms with Crippen LogP contribution in [0.5, 0.6) is 0 Å². The second-order valence-corrected chi connectivity index (χ2v) is 7.04. The lowest BCUT2D eigenvalue weighted by molar-refractivity contribution is -0.107. The summed E-state index contributed by atoms with van der Waals surface area (Å²) in [6, 6.07) is 0. The Bertz CT molecular complexity index is 356. The van der Waals surface area contributed by atoms with Gasteiger partial charge in [-0.3, -0.25) is 4.79 Å². The Labute approximate surface area is 138 Å². The molecule has 5 heteroatoms. The highest BCUT2D eigenvalue weighted by atomic mass is 32.2. The number of unbranched alkanes of at least 4 members (excludes halogenated alkanes) is 9. The van der Waals surface area contributed by atoms with Gasteiger partial charge in [-0.2, -0.15) is 0 Å². The summed E-state index contributed by atoms with van der Waals surface area (Å²) >= 11 is 5.95. The summed E-state index contributed by atoms with van der Waals surface area (Å²) in [5, 5.41) is 2.77. The lowest BCUT2D eigenvalue weighted by Gasteiger charge is -2.03. The van der Waals surface area contributed by atoms with Crippen LogP contribution in [-0.2, 0) is 9.53 Å². The average molecular weight is 330 g/mol. The van der Waals surface area contributed by atoms with E-state index in [0.29, 0.717) is 16.6 Å². The van der Waals surface area contributed by atoms with Gasteiger partial charge in [0, 0.05) is 0 Å². The van der Waals surface area contributed by atoms with Gasteiger partial charge in [0.15, 0.2) is 0 Å². The first-order chi connectivity index (χ1) is 10.2. The highest BCUT2D eigenvalue weighted by molar-refractivity contribution is 8.33. The van der Waals surface area contributed by atoms with E-state index in [2.05, 4.69) is 12.2 Å². The topological polar surface area (TPSA) is 38.3 Å². The lowest BCUT2D eigenvalue weighted by atomic mass is 10.1. The summed E-state index contributed by atoms with van der Waals surface area (Å²) in [5.41, 5.74) is 0.470. The van der Waals surface area contributed by atoms with Crippen molar-refractivity contribution in [2.45, 2.75) is 71.1 Å². The van der Waals surface area contributed by atoms with E-state index in [9.17, 15) is 4.79 Å². The van der Waals surface area contributed by atoms with E-state index < -0.39 is 0 Å². The Morgan fingerprint density at radius 1 is 1.05 bits per heavy atom. The molecule has 1 heterocycles. The van der Waals surface area contributed by atoms with Gasteiger partial charge < -0.3 is 10.1 Å². The van der Waals surface area contributed by atoms with Crippen LogP contribution in [0.25, 0.3) is 0 Å². The summed E-state index contributed by atoms with van der Waals surface area (Å²) in [4.78, 5) is 11.4. The van der Waals surface area contributed by atoms with Crippen molar-refractivity contribution >= 4 is 33.4 Å². The van der Waals surface area contributed by atoms with Gasteiger partial charge in [0.25, 0.3) is 0 Å². The Hall–Kier alpha value is -0.550. The van der Waals surface area contributed by atoms with E-state index >= 15 is 0 Å². The highest BCUT2D eigenvalue weighted by Gasteiger charge is 2.22. The van der Waals surface area contributed by atoms with Crippen molar-refractivity contribution in [1.29, 1.82) is 0 Å². The number of carbonyl (C=O) groups excluding carboxylic acids is 1. The molecule has 0 spiro atoms. The van der Waals surface area contributed by atoms with Crippen LogP contribution in [0.3, 0.4) is 0 Å². The van der Waals surface area contributed by atoms with E-state index in [0.717, 1.165) is 18.2 Å². The number of hydrogen-bond acceptors (Lipinski definition) is 4. The van der Waals surface area contributed by atoms with Crippen molar-refractivity contribution in [3.63, 3.8) is 0 Å². The number of hydrogen-bond donors (Lipinski definition) is 1. The molecule has 1 fully saturated rings. The fourth-order valence-corrected chi connectivity index (χ4v) is 3.09. The first kappa shape index (κ1) is 18.5. The van der Waals surface area contributed by atoms with Gasteiger partial charge in [0.05, 0.1) is 6.61 Å². The second kappa shape index (κ2) is 12.0. The van der Waals surface area contributed by atoms with Gasteiger partial charge >= 0.3 is 0 Å². The molecular weight excluding hydrogens is 302 g/mol. The number of rotatable bonds is 12. The summed E-state index contributed by atoms with van der Waals surface area (Å²) in [7, 11) is 0. The fraction of sp³-hybridized carbons (Fsp3) is 0.750. The molecule has 120 valence electrons. The molecule has 1 N–H and O–H groups in total. The van der Waals surface area contributed by atoms with E-state index in [1.54, 1.807) is 0 Å². The molecule has 0 saturated carbocycles. The maximum absolute atomic E-state index is 11.4. The SMILES string of the molecule is CCCCCCCCCCCCO/C=C1/NC(=S)SC1=O. The van der Waals surface area contributed by atoms with Crippen molar-refractivity contribution in [3.8, 4) is 0 Å². The van der Waals surface area contributed by atoms with Crippen molar-refractivity contribution in [1.82, 2.24) is 5.32 Å². The molecule has 0 atom stereocenters. The molecule has 0 amide bonds. The summed E-state index contributed by atoms with van der Waals surface area (Å²) in [6.45, 7) is 2.93. The third-order valence-electron chi connectivity index (χ3n) is 3.46. The molecule has 0 radical (unpaired) electrons. The zero-order chi connectivity index (χ0) is 15.3. The number of nitrogens with one attached hydrogen (secondary N) is 1. The van der Waals surface area contributed by atoms with Crippen LogP contribution in [0.1, 0.15) is 71.1 Å². The van der Waals surface area contributed by atoms with Crippen molar-refractivity contribution in [2.24, 2.45) is 0 Å². The molecule has 1 aliphatic rings. The Balaban J connectivity index is 1.86. The Morgan fingerprint density at radius 3 is 2.14 bits per heavy atom. The van der Waals surface area contributed by atoms with E-state index in [-0.39, 0.29) is 5.12 Å². The van der Waals surface area contributed by atoms with E-state index in [1.165, 1.54) is 64.0 Å². The van der Waals surface area contributed by atoms with Crippen LogP contribution < -0.4 is 5.32 Å². The first-order valence-corrected chi connectivity index (χ1v) is 9.31. The maximum atomic E-state index is 11.4. The normalized spacial score (nSPS) is 16.5. The van der Waals surface area contributed by atoms with Crippen LogP contribution in [0.4, 0.5) is 0 Å². The molecule has 0 bridgehead atoms.